The molecule has 2 fully saturated rings. The second-order valence-electron chi connectivity index (χ2n) is 17.6. The monoisotopic (exact) mass is 907 g/mol. The number of likely N-dealkylation sites (tertiary alicyclic amines) is 1. The Morgan fingerprint density at radius 2 is 1.43 bits per heavy atom. The Morgan fingerprint density at radius 3 is 2.16 bits per heavy atom. The molecule has 2 aliphatic rings. The maximum atomic E-state index is 13.8. The Labute approximate surface area is 389 Å². The minimum Gasteiger partial charge on any atom is -0.506 e. The van der Waals surface area contributed by atoms with Crippen LogP contribution in [-0.2, 0) is 44.2 Å². The summed E-state index contributed by atoms with van der Waals surface area (Å²) in [5.41, 5.74) is 2.13. The van der Waals surface area contributed by atoms with E-state index in [9.17, 15) is 34.5 Å². The van der Waals surface area contributed by atoms with E-state index in [2.05, 4.69) is 38.0 Å². The molecule has 0 radical (unpaired) electrons. The fraction of sp³-hybridized carbons (Fsp3) is 0.321. The van der Waals surface area contributed by atoms with Gasteiger partial charge in [-0.3, -0.25) is 19.3 Å². The van der Waals surface area contributed by atoms with Crippen molar-refractivity contribution in [1.82, 2.24) is 25.8 Å². The Bertz CT molecular complexity index is 2680. The number of nitrogens with one attached hydrogen (secondary N) is 4. The Kier molecular flexibility index (Phi) is 15.1. The minimum absolute atomic E-state index is 0.0657. The molecule has 2 heterocycles. The van der Waals surface area contributed by atoms with Gasteiger partial charge in [0.2, 0.25) is 17.1 Å². The highest BCUT2D eigenvalue weighted by atomic mass is 16.5. The number of hydrogen-bond acceptors (Lipinski definition) is 11. The van der Waals surface area contributed by atoms with E-state index in [1.54, 1.807) is 60.7 Å². The molecule has 14 heteroatoms. The van der Waals surface area contributed by atoms with Crippen LogP contribution in [0.2, 0.25) is 0 Å². The van der Waals surface area contributed by atoms with Crippen LogP contribution in [0, 0.1) is 5.92 Å². The Balaban J connectivity index is 0.747. The first-order chi connectivity index (χ1) is 32.5. The van der Waals surface area contributed by atoms with E-state index in [-0.39, 0.29) is 78.4 Å². The summed E-state index contributed by atoms with van der Waals surface area (Å²) in [7, 11) is 0. The summed E-state index contributed by atoms with van der Waals surface area (Å²) in [4.78, 5) is 56.4. The minimum atomic E-state index is -2.10. The van der Waals surface area contributed by atoms with Gasteiger partial charge in [-0.2, -0.15) is 0 Å². The summed E-state index contributed by atoms with van der Waals surface area (Å²) in [6.45, 7) is 3.32. The molecule has 14 nitrogen and oxygen atoms in total. The van der Waals surface area contributed by atoms with E-state index in [1.807, 2.05) is 48.5 Å². The smallest absolute Gasteiger partial charge is 0.347 e. The predicted molar refractivity (Wildman–Crippen MR) is 253 cm³/mol. The first-order valence-electron chi connectivity index (χ1n) is 22.8. The van der Waals surface area contributed by atoms with Crippen molar-refractivity contribution in [3.63, 3.8) is 0 Å². The second kappa shape index (κ2) is 21.6. The fourth-order valence-corrected chi connectivity index (χ4v) is 8.87. The zero-order chi connectivity index (χ0) is 46.8. The van der Waals surface area contributed by atoms with Gasteiger partial charge < -0.3 is 45.7 Å². The summed E-state index contributed by atoms with van der Waals surface area (Å²) in [6, 6.07) is 39.0. The maximum Gasteiger partial charge on any atom is 0.347 e. The van der Waals surface area contributed by atoms with Gasteiger partial charge in [-0.1, -0.05) is 103 Å². The number of carbonyl (C=O) groups excluding carboxylic acids is 3. The number of carbonyl (C=O) groups is 3. The van der Waals surface area contributed by atoms with Crippen LogP contribution in [0.4, 0.5) is 0 Å². The lowest BCUT2D eigenvalue weighted by atomic mass is 9.86. The quantitative estimate of drug-likeness (QED) is 0.0532. The third-order valence-electron chi connectivity index (χ3n) is 12.7. The fourth-order valence-electron chi connectivity index (χ4n) is 8.87. The highest BCUT2D eigenvalue weighted by Gasteiger charge is 2.42. The number of pyridine rings is 1. The number of phenolic OH excluding ortho intramolecular Hbond substituents is 1. The summed E-state index contributed by atoms with van der Waals surface area (Å²) < 4.78 is 11.7. The molecule has 0 spiro atoms. The van der Waals surface area contributed by atoms with Gasteiger partial charge in [0.25, 0.3) is 5.91 Å². The van der Waals surface area contributed by atoms with Crippen LogP contribution in [0.5, 0.6) is 11.5 Å². The number of aromatic hydroxyl groups is 1. The molecule has 1 aliphatic carbocycles. The number of hydrogen-bond donors (Lipinski definition) is 7. The number of rotatable bonds is 19. The van der Waals surface area contributed by atoms with Crippen LogP contribution >= 0.6 is 0 Å². The normalized spacial score (nSPS) is 17.7. The molecule has 348 valence electrons. The highest BCUT2D eigenvalue weighted by molar-refractivity contribution is 5.88. The van der Waals surface area contributed by atoms with Crippen molar-refractivity contribution in [2.45, 2.75) is 69.0 Å². The van der Waals surface area contributed by atoms with Crippen LogP contribution in [0.3, 0.4) is 0 Å². The number of nitrogens with zero attached hydrogens (tertiary/aromatic N) is 1. The number of H-pyrrole nitrogens is 1. The van der Waals surface area contributed by atoms with Gasteiger partial charge in [0, 0.05) is 48.7 Å². The van der Waals surface area contributed by atoms with Gasteiger partial charge >= 0.3 is 5.97 Å². The molecule has 1 saturated carbocycles. The standard InChI is InChI=1S/C53H57N5O9/c59-46-20-18-44(45-19-21-48(61)57-51(45)46)47(60)31-54-30-36-16-14-35(15-17-36)26-49(62)55-41-28-42(29-41)56-50(63)34-66-43-13-7-12-40(27-43)53(65,39-10-5-2-6-11-39)52(64)67-33-38-22-24-58(25-23-38)32-37-8-3-1-4-9-37/h1-21,27,38,41-42,47,54,59-60,65H,22-26,28-34H2,(H,55,62)(H,56,63)(H,57,61)/t41-,42-,47-,53?/m0/s1. The predicted octanol–water partition coefficient (Wildman–Crippen LogP) is 5.13. The molecule has 7 N–H and O–H groups in total. The van der Waals surface area contributed by atoms with Crippen LogP contribution in [0.1, 0.15) is 65.2 Å². The van der Waals surface area contributed by atoms with Gasteiger partial charge in [0.15, 0.2) is 6.61 Å². The number of benzene rings is 5. The lowest BCUT2D eigenvalue weighted by molar-refractivity contribution is -0.164. The van der Waals surface area contributed by atoms with Crippen molar-refractivity contribution in [2.75, 3.05) is 32.8 Å². The number of esters is 1. The molecule has 2 amide bonds. The summed E-state index contributed by atoms with van der Waals surface area (Å²) in [5.74, 6) is -0.798. The summed E-state index contributed by atoms with van der Waals surface area (Å²) in [6.07, 6.45) is 2.26. The molecule has 1 aliphatic heterocycles. The number of phenols is 1. The second-order valence-corrected chi connectivity index (χ2v) is 17.6. The van der Waals surface area contributed by atoms with E-state index < -0.39 is 17.7 Å². The van der Waals surface area contributed by atoms with Crippen LogP contribution < -0.4 is 26.2 Å². The van der Waals surface area contributed by atoms with E-state index in [0.717, 1.165) is 43.6 Å². The first-order valence-corrected chi connectivity index (χ1v) is 22.8. The van der Waals surface area contributed by atoms with Gasteiger partial charge in [0.1, 0.15) is 11.5 Å². The molecular weight excluding hydrogens is 851 g/mol. The topological polar surface area (TPSA) is 203 Å². The lowest BCUT2D eigenvalue weighted by Crippen LogP contribution is -2.54. The number of ether oxygens (including phenoxy) is 2. The van der Waals surface area contributed by atoms with E-state index in [1.165, 1.54) is 17.7 Å². The zero-order valence-electron chi connectivity index (χ0n) is 37.2. The summed E-state index contributed by atoms with van der Waals surface area (Å²) in [5, 5.41) is 42.9. The third kappa shape index (κ3) is 12.0. The lowest BCUT2D eigenvalue weighted by Gasteiger charge is -2.36. The zero-order valence-corrected chi connectivity index (χ0v) is 37.2. The first kappa shape index (κ1) is 46.7. The molecule has 67 heavy (non-hydrogen) atoms. The van der Waals surface area contributed by atoms with Gasteiger partial charge in [-0.05, 0) is 96.8 Å². The molecule has 1 aromatic heterocycles. The van der Waals surface area contributed by atoms with E-state index >= 15 is 0 Å². The molecule has 2 atom stereocenters. The van der Waals surface area contributed by atoms with Crippen molar-refractivity contribution in [1.29, 1.82) is 0 Å². The van der Waals surface area contributed by atoms with Crippen molar-refractivity contribution in [3.05, 3.63) is 177 Å². The average Bonchev–Trinajstić information content (AvgIpc) is 3.33. The molecular formula is C53H57N5O9. The average molecular weight is 908 g/mol. The molecule has 8 rings (SSSR count). The van der Waals surface area contributed by atoms with Crippen molar-refractivity contribution in [2.24, 2.45) is 5.92 Å². The van der Waals surface area contributed by atoms with Crippen molar-refractivity contribution >= 4 is 28.7 Å². The number of piperidine rings is 1. The highest BCUT2D eigenvalue weighted by Crippen LogP contribution is 2.34. The maximum absolute atomic E-state index is 13.8. The molecule has 5 aromatic carbocycles. The SMILES string of the molecule is O=C(COc1cccc(C(O)(C(=O)OCC2CCN(Cc3ccccc3)CC2)c2ccccc2)c1)N[C@H]1C[C@H](NC(=O)Cc2ccc(CNC[C@H](O)c3ccc(O)c4[nH]c(=O)ccc34)cc2)C1. The molecule has 6 aromatic rings. The molecule has 1 saturated heterocycles. The van der Waals surface area contributed by atoms with Crippen molar-refractivity contribution in [3.8, 4) is 11.5 Å². The van der Waals surface area contributed by atoms with E-state index in [0.29, 0.717) is 41.6 Å². The third-order valence-corrected chi connectivity index (χ3v) is 12.7. The van der Waals surface area contributed by atoms with E-state index in [4.69, 9.17) is 9.47 Å². The van der Waals surface area contributed by atoms with Crippen molar-refractivity contribution < 1.29 is 39.2 Å². The number of fused-ring (bicyclic) bond motifs is 1. The summed E-state index contributed by atoms with van der Waals surface area (Å²) >= 11 is 0. The molecule has 0 bridgehead atoms. The van der Waals surface area contributed by atoms with Gasteiger partial charge in [-0.15, -0.1) is 0 Å². The number of aliphatic hydroxyl groups is 2. The number of aromatic amines is 1. The van der Waals surface area contributed by atoms with Crippen LogP contribution in [0.25, 0.3) is 10.9 Å². The number of aromatic nitrogens is 1. The Hall–Kier alpha value is -6.84. The van der Waals surface area contributed by atoms with Gasteiger partial charge in [-0.25, -0.2) is 4.79 Å². The number of amides is 2. The largest absolute Gasteiger partial charge is 0.506 e. The Morgan fingerprint density at radius 1 is 0.761 bits per heavy atom. The van der Waals surface area contributed by atoms with Crippen LogP contribution in [0.15, 0.2) is 138 Å². The van der Waals surface area contributed by atoms with Gasteiger partial charge in [0.05, 0.1) is 24.6 Å². The molecule has 1 unspecified atom stereocenters. The van der Waals surface area contributed by atoms with Crippen LogP contribution in [-0.4, -0.2) is 87.9 Å². The number of aliphatic hydroxyl groups excluding tert-OH is 1.